The second-order valence-electron chi connectivity index (χ2n) is 14.5. The van der Waals surface area contributed by atoms with E-state index in [-0.39, 0.29) is 0 Å². The Labute approximate surface area is 320 Å². The maximum Gasteiger partial charge on any atom is 0.161 e. The van der Waals surface area contributed by atoms with Gasteiger partial charge < -0.3 is 8.83 Å². The first-order chi connectivity index (χ1) is 27.7. The molecule has 56 heavy (non-hydrogen) atoms. The van der Waals surface area contributed by atoms with Crippen molar-refractivity contribution in [3.8, 4) is 45.0 Å². The van der Waals surface area contributed by atoms with Gasteiger partial charge in [-0.15, -0.1) is 0 Å². The highest BCUT2D eigenvalue weighted by Crippen LogP contribution is 2.42. The van der Waals surface area contributed by atoms with E-state index >= 15 is 0 Å². The average Bonchev–Trinajstić information content (AvgIpc) is 3.85. The van der Waals surface area contributed by atoms with Crippen LogP contribution in [0, 0.1) is 0 Å². The summed E-state index contributed by atoms with van der Waals surface area (Å²) in [5.74, 6) is 0.622. The van der Waals surface area contributed by atoms with E-state index in [2.05, 4.69) is 133 Å². The van der Waals surface area contributed by atoms with Crippen molar-refractivity contribution in [2.24, 2.45) is 0 Å². The molecule has 0 aliphatic carbocycles. The van der Waals surface area contributed by atoms with E-state index in [1.165, 1.54) is 32.3 Å². The highest BCUT2D eigenvalue weighted by molar-refractivity contribution is 6.26. The van der Waals surface area contributed by atoms with Crippen molar-refractivity contribution < 1.29 is 8.83 Å². The van der Waals surface area contributed by atoms with Crippen LogP contribution in [-0.4, -0.2) is 9.97 Å². The Bertz CT molecular complexity index is 3510. The third-order valence-corrected chi connectivity index (χ3v) is 11.3. The summed E-state index contributed by atoms with van der Waals surface area (Å²) in [6.45, 7) is 0. The van der Waals surface area contributed by atoms with Gasteiger partial charge in [-0.3, -0.25) is 0 Å². The molecule has 9 aromatic carbocycles. The van der Waals surface area contributed by atoms with Gasteiger partial charge in [0.05, 0.1) is 11.4 Å². The molecule has 4 nitrogen and oxygen atoms in total. The quantitative estimate of drug-likeness (QED) is 0.170. The predicted octanol–water partition coefficient (Wildman–Crippen LogP) is 14.4. The zero-order valence-corrected chi connectivity index (χ0v) is 30.0. The van der Waals surface area contributed by atoms with Crippen molar-refractivity contribution in [2.45, 2.75) is 0 Å². The van der Waals surface area contributed by atoms with Crippen molar-refractivity contribution in [1.82, 2.24) is 9.97 Å². The summed E-state index contributed by atoms with van der Waals surface area (Å²) in [6, 6.07) is 63.7. The second-order valence-corrected chi connectivity index (χ2v) is 14.5. The van der Waals surface area contributed by atoms with E-state index in [4.69, 9.17) is 18.8 Å². The molecule has 0 aliphatic rings. The first kappa shape index (κ1) is 30.9. The SMILES string of the molecule is c1ccc(-c2cc(-c3cccc4c3oc3ccccc34)nc(-c3cccc4oc5ccc(-c6ccc7c8ccccc8c8ccccc8c7c6)cc5c34)n2)cc1. The van der Waals surface area contributed by atoms with Gasteiger partial charge in [0.15, 0.2) is 5.82 Å². The standard InChI is InChI=1S/C52H30N2O2/c1-2-12-31(13-3-1)45-30-46(41-20-10-19-40-39-18-8-9-22-47(39)56-51(40)41)54-52(53-45)42-21-11-23-49-50(42)44-29-33(25-27-48(44)55-49)32-24-26-38-36-16-5-4-14-34(36)35-15-6-7-17-37(35)43(38)28-32/h1-30H. The van der Waals surface area contributed by atoms with Crippen LogP contribution in [0.1, 0.15) is 0 Å². The first-order valence-electron chi connectivity index (χ1n) is 18.9. The number of furan rings is 2. The average molecular weight is 715 g/mol. The summed E-state index contributed by atoms with van der Waals surface area (Å²) >= 11 is 0. The number of rotatable bonds is 4. The van der Waals surface area contributed by atoms with E-state index in [0.717, 1.165) is 83.1 Å². The topological polar surface area (TPSA) is 52.1 Å². The molecule has 12 aromatic rings. The zero-order valence-electron chi connectivity index (χ0n) is 30.0. The van der Waals surface area contributed by atoms with E-state index in [0.29, 0.717) is 5.82 Å². The van der Waals surface area contributed by atoms with Gasteiger partial charge in [-0.25, -0.2) is 9.97 Å². The molecule has 260 valence electrons. The van der Waals surface area contributed by atoms with Gasteiger partial charge in [0.25, 0.3) is 0 Å². The maximum absolute atomic E-state index is 6.53. The van der Waals surface area contributed by atoms with Gasteiger partial charge in [-0.05, 0) is 85.9 Å². The molecule has 0 fully saturated rings. The minimum atomic E-state index is 0.622. The molecule has 0 radical (unpaired) electrons. The Balaban J connectivity index is 1.07. The Morgan fingerprint density at radius 2 is 0.857 bits per heavy atom. The largest absolute Gasteiger partial charge is 0.456 e. The fourth-order valence-electron chi connectivity index (χ4n) is 8.69. The third-order valence-electron chi connectivity index (χ3n) is 11.3. The molecule has 0 atom stereocenters. The van der Waals surface area contributed by atoms with E-state index in [1.54, 1.807) is 0 Å². The number of fused-ring (bicyclic) bond motifs is 12. The van der Waals surface area contributed by atoms with E-state index < -0.39 is 0 Å². The van der Waals surface area contributed by atoms with Crippen molar-refractivity contribution in [3.05, 3.63) is 182 Å². The molecule has 3 heterocycles. The lowest BCUT2D eigenvalue weighted by atomic mass is 9.92. The van der Waals surface area contributed by atoms with Crippen LogP contribution in [0.15, 0.2) is 191 Å². The molecule has 0 saturated carbocycles. The van der Waals surface area contributed by atoms with Gasteiger partial charge in [-0.2, -0.15) is 0 Å². The molecule has 0 amide bonds. The molecule has 3 aromatic heterocycles. The number of aromatic nitrogens is 2. The molecular formula is C52H30N2O2. The fraction of sp³-hybridized carbons (Fsp3) is 0. The smallest absolute Gasteiger partial charge is 0.161 e. The van der Waals surface area contributed by atoms with Crippen molar-refractivity contribution >= 4 is 76.2 Å². The maximum atomic E-state index is 6.53. The molecule has 0 unspecified atom stereocenters. The van der Waals surface area contributed by atoms with Gasteiger partial charge >= 0.3 is 0 Å². The van der Waals surface area contributed by atoms with Gasteiger partial charge in [0.2, 0.25) is 0 Å². The lowest BCUT2D eigenvalue weighted by Gasteiger charge is -2.12. The van der Waals surface area contributed by atoms with Gasteiger partial charge in [-0.1, -0.05) is 140 Å². The summed E-state index contributed by atoms with van der Waals surface area (Å²) < 4.78 is 13.0. The molecule has 0 saturated heterocycles. The Morgan fingerprint density at radius 1 is 0.304 bits per heavy atom. The summed E-state index contributed by atoms with van der Waals surface area (Å²) in [5.41, 5.74) is 10.0. The van der Waals surface area contributed by atoms with Crippen molar-refractivity contribution in [3.63, 3.8) is 0 Å². The van der Waals surface area contributed by atoms with E-state index in [9.17, 15) is 0 Å². The number of benzene rings is 9. The summed E-state index contributed by atoms with van der Waals surface area (Å²) in [5, 5.41) is 11.7. The summed E-state index contributed by atoms with van der Waals surface area (Å²) in [6.07, 6.45) is 0. The minimum absolute atomic E-state index is 0.622. The molecular weight excluding hydrogens is 685 g/mol. The minimum Gasteiger partial charge on any atom is -0.456 e. The lowest BCUT2D eigenvalue weighted by molar-refractivity contribution is 0.669. The molecule has 12 rings (SSSR count). The van der Waals surface area contributed by atoms with Crippen LogP contribution in [0.4, 0.5) is 0 Å². The van der Waals surface area contributed by atoms with Crippen molar-refractivity contribution in [1.29, 1.82) is 0 Å². The molecule has 0 bridgehead atoms. The lowest BCUT2D eigenvalue weighted by Crippen LogP contribution is -1.96. The van der Waals surface area contributed by atoms with E-state index in [1.807, 2.05) is 48.5 Å². The monoisotopic (exact) mass is 714 g/mol. The molecule has 0 spiro atoms. The molecule has 4 heteroatoms. The second kappa shape index (κ2) is 12.0. The number of hydrogen-bond donors (Lipinski definition) is 0. The van der Waals surface area contributed by atoms with Gasteiger partial charge in [0, 0.05) is 38.2 Å². The van der Waals surface area contributed by atoms with Crippen LogP contribution in [0.2, 0.25) is 0 Å². The Morgan fingerprint density at radius 3 is 1.64 bits per heavy atom. The molecule has 0 aliphatic heterocycles. The van der Waals surface area contributed by atoms with Crippen LogP contribution < -0.4 is 0 Å². The Kier molecular flexibility index (Phi) is 6.60. The normalized spacial score (nSPS) is 11.9. The number of nitrogens with zero attached hydrogens (tertiary/aromatic N) is 2. The first-order valence-corrected chi connectivity index (χ1v) is 18.9. The van der Waals surface area contributed by atoms with Crippen LogP contribution in [0.5, 0.6) is 0 Å². The van der Waals surface area contributed by atoms with Crippen molar-refractivity contribution in [2.75, 3.05) is 0 Å². The van der Waals surface area contributed by atoms with Crippen LogP contribution in [-0.2, 0) is 0 Å². The van der Waals surface area contributed by atoms with Crippen LogP contribution in [0.3, 0.4) is 0 Å². The number of para-hydroxylation sites is 2. The summed E-state index contributed by atoms with van der Waals surface area (Å²) in [7, 11) is 0. The molecule has 0 N–H and O–H groups in total. The highest BCUT2D eigenvalue weighted by Gasteiger charge is 2.20. The van der Waals surface area contributed by atoms with Crippen LogP contribution >= 0.6 is 0 Å². The highest BCUT2D eigenvalue weighted by atomic mass is 16.3. The predicted molar refractivity (Wildman–Crippen MR) is 231 cm³/mol. The zero-order chi connectivity index (χ0) is 36.7. The third kappa shape index (κ3) is 4.66. The Hall–Kier alpha value is -7.56. The summed E-state index contributed by atoms with van der Waals surface area (Å²) in [4.78, 5) is 10.6. The van der Waals surface area contributed by atoms with Gasteiger partial charge in [0.1, 0.15) is 22.3 Å². The van der Waals surface area contributed by atoms with Crippen LogP contribution in [0.25, 0.3) is 121 Å². The fourth-order valence-corrected chi connectivity index (χ4v) is 8.69. The number of hydrogen-bond acceptors (Lipinski definition) is 4.